The number of hydrogen-bond acceptors (Lipinski definition) is 5. The minimum atomic E-state index is -0.350. The third-order valence-electron chi connectivity index (χ3n) is 4.43. The molecule has 0 fully saturated rings. The quantitative estimate of drug-likeness (QED) is 0.341. The molecule has 3 aromatic rings. The summed E-state index contributed by atoms with van der Waals surface area (Å²) >= 11 is 5.92. The van der Waals surface area contributed by atoms with Crippen molar-refractivity contribution in [2.45, 2.75) is 20.5 Å². The van der Waals surface area contributed by atoms with Gasteiger partial charge in [-0.1, -0.05) is 41.9 Å². The van der Waals surface area contributed by atoms with Gasteiger partial charge in [-0.05, 0) is 66.9 Å². The average molecular weight is 453 g/mol. The van der Waals surface area contributed by atoms with E-state index in [2.05, 4.69) is 10.5 Å². The summed E-state index contributed by atoms with van der Waals surface area (Å²) in [4.78, 5) is 12.0. The molecule has 0 spiro atoms. The van der Waals surface area contributed by atoms with Crippen molar-refractivity contribution in [2.75, 3.05) is 13.2 Å². The number of benzene rings is 3. The molecular formula is C25H25ClN2O4. The van der Waals surface area contributed by atoms with Gasteiger partial charge in [0.1, 0.15) is 12.4 Å². The van der Waals surface area contributed by atoms with Gasteiger partial charge >= 0.3 is 0 Å². The normalized spacial score (nSPS) is 10.7. The lowest BCUT2D eigenvalue weighted by Gasteiger charge is -2.12. The molecule has 0 aliphatic heterocycles. The number of carbonyl (C=O) groups is 1. The molecule has 0 atom stereocenters. The standard InChI is InChI=1S/C25H25ClN2O4/c1-3-30-24-14-20(10-13-23(24)31-16-19-8-11-21(26)12-9-19)15-27-28-25(29)17-32-22-7-5-4-6-18(22)2/h4-15H,3,16-17H2,1-2H3,(H,28,29). The number of ether oxygens (including phenoxy) is 3. The van der Waals surface area contributed by atoms with Crippen molar-refractivity contribution in [1.29, 1.82) is 0 Å². The molecule has 1 N–H and O–H groups in total. The topological polar surface area (TPSA) is 69.2 Å². The van der Waals surface area contributed by atoms with E-state index in [9.17, 15) is 4.79 Å². The van der Waals surface area contributed by atoms with Crippen LogP contribution in [0.5, 0.6) is 17.2 Å². The fourth-order valence-electron chi connectivity index (χ4n) is 2.81. The summed E-state index contributed by atoms with van der Waals surface area (Å²) in [5, 5.41) is 4.68. The molecule has 3 rings (SSSR count). The van der Waals surface area contributed by atoms with Crippen LogP contribution in [-0.4, -0.2) is 25.3 Å². The van der Waals surface area contributed by atoms with Crippen molar-refractivity contribution in [3.8, 4) is 17.2 Å². The Kier molecular flexibility index (Phi) is 8.52. The lowest BCUT2D eigenvalue weighted by Crippen LogP contribution is -2.24. The molecule has 0 radical (unpaired) electrons. The molecule has 0 unspecified atom stereocenters. The van der Waals surface area contributed by atoms with E-state index in [4.69, 9.17) is 25.8 Å². The maximum Gasteiger partial charge on any atom is 0.277 e. The number of carbonyl (C=O) groups excluding carboxylic acids is 1. The Labute approximate surface area is 192 Å². The summed E-state index contributed by atoms with van der Waals surface area (Å²) in [6, 6.07) is 20.4. The second kappa shape index (κ2) is 11.8. The number of halogens is 1. The monoisotopic (exact) mass is 452 g/mol. The van der Waals surface area contributed by atoms with Gasteiger partial charge in [0.25, 0.3) is 5.91 Å². The van der Waals surface area contributed by atoms with E-state index < -0.39 is 0 Å². The van der Waals surface area contributed by atoms with Crippen LogP contribution in [0.2, 0.25) is 5.02 Å². The third-order valence-corrected chi connectivity index (χ3v) is 4.68. The van der Waals surface area contributed by atoms with E-state index in [-0.39, 0.29) is 12.5 Å². The molecule has 7 heteroatoms. The number of nitrogens with one attached hydrogen (secondary N) is 1. The van der Waals surface area contributed by atoms with Gasteiger partial charge in [0, 0.05) is 5.02 Å². The second-order valence-electron chi connectivity index (χ2n) is 6.90. The minimum Gasteiger partial charge on any atom is -0.490 e. The maximum absolute atomic E-state index is 12.0. The van der Waals surface area contributed by atoms with Crippen LogP contribution in [0.15, 0.2) is 71.8 Å². The van der Waals surface area contributed by atoms with Gasteiger partial charge in [0.2, 0.25) is 0 Å². The van der Waals surface area contributed by atoms with Crippen molar-refractivity contribution in [3.05, 3.63) is 88.4 Å². The fraction of sp³-hybridized carbons (Fsp3) is 0.200. The number of para-hydroxylation sites is 1. The molecule has 32 heavy (non-hydrogen) atoms. The molecule has 6 nitrogen and oxygen atoms in total. The second-order valence-corrected chi connectivity index (χ2v) is 7.34. The predicted molar refractivity (Wildman–Crippen MR) is 126 cm³/mol. The van der Waals surface area contributed by atoms with Crippen LogP contribution in [0.25, 0.3) is 0 Å². The van der Waals surface area contributed by atoms with Crippen molar-refractivity contribution in [1.82, 2.24) is 5.43 Å². The molecule has 166 valence electrons. The summed E-state index contributed by atoms with van der Waals surface area (Å²) < 4.78 is 17.1. The van der Waals surface area contributed by atoms with Gasteiger partial charge in [0.05, 0.1) is 12.8 Å². The van der Waals surface area contributed by atoms with E-state index in [1.807, 2.05) is 74.5 Å². The van der Waals surface area contributed by atoms with Crippen molar-refractivity contribution < 1.29 is 19.0 Å². The van der Waals surface area contributed by atoms with E-state index in [1.165, 1.54) is 6.21 Å². The van der Waals surface area contributed by atoms with Crippen LogP contribution in [0.3, 0.4) is 0 Å². The number of nitrogens with zero attached hydrogens (tertiary/aromatic N) is 1. The van der Waals surface area contributed by atoms with E-state index in [1.54, 1.807) is 6.07 Å². The molecule has 0 saturated carbocycles. The Bertz CT molecular complexity index is 1070. The highest BCUT2D eigenvalue weighted by molar-refractivity contribution is 6.30. The molecule has 1 amide bonds. The molecule has 0 aromatic heterocycles. The van der Waals surface area contributed by atoms with Crippen molar-refractivity contribution in [3.63, 3.8) is 0 Å². The van der Waals surface area contributed by atoms with Gasteiger partial charge < -0.3 is 14.2 Å². The Morgan fingerprint density at radius 3 is 2.50 bits per heavy atom. The highest BCUT2D eigenvalue weighted by atomic mass is 35.5. The summed E-state index contributed by atoms with van der Waals surface area (Å²) in [6.07, 6.45) is 1.54. The lowest BCUT2D eigenvalue weighted by molar-refractivity contribution is -0.123. The van der Waals surface area contributed by atoms with E-state index in [0.29, 0.717) is 35.5 Å². The highest BCUT2D eigenvalue weighted by Gasteiger charge is 2.07. The summed E-state index contributed by atoms with van der Waals surface area (Å²) in [7, 11) is 0. The molecule has 0 aliphatic carbocycles. The summed E-state index contributed by atoms with van der Waals surface area (Å²) in [6.45, 7) is 4.58. The largest absolute Gasteiger partial charge is 0.490 e. The third kappa shape index (κ3) is 7.03. The highest BCUT2D eigenvalue weighted by Crippen LogP contribution is 2.29. The zero-order chi connectivity index (χ0) is 22.8. The first-order chi connectivity index (χ1) is 15.5. The van der Waals surface area contributed by atoms with Crippen molar-refractivity contribution in [2.24, 2.45) is 5.10 Å². The number of hydrogen-bond donors (Lipinski definition) is 1. The smallest absolute Gasteiger partial charge is 0.277 e. The number of amides is 1. The van der Waals surface area contributed by atoms with E-state index in [0.717, 1.165) is 16.7 Å². The summed E-state index contributed by atoms with van der Waals surface area (Å²) in [5.74, 6) is 1.54. The molecule has 0 bridgehead atoms. The van der Waals surface area contributed by atoms with Crippen LogP contribution in [0.4, 0.5) is 0 Å². The molecule has 3 aromatic carbocycles. The Balaban J connectivity index is 1.55. The molecule has 0 aliphatic rings. The number of aryl methyl sites for hydroxylation is 1. The molecular weight excluding hydrogens is 428 g/mol. The molecule has 0 saturated heterocycles. The Morgan fingerprint density at radius 1 is 0.969 bits per heavy atom. The Hall–Kier alpha value is -3.51. The first-order valence-corrected chi connectivity index (χ1v) is 10.6. The first kappa shape index (κ1) is 23.2. The minimum absolute atomic E-state index is 0.121. The fourth-order valence-corrected chi connectivity index (χ4v) is 2.93. The summed E-state index contributed by atoms with van der Waals surface area (Å²) in [5.41, 5.74) is 5.18. The van der Waals surface area contributed by atoms with Gasteiger partial charge in [-0.3, -0.25) is 4.79 Å². The van der Waals surface area contributed by atoms with Gasteiger partial charge in [-0.25, -0.2) is 5.43 Å². The van der Waals surface area contributed by atoms with Gasteiger partial charge in [0.15, 0.2) is 18.1 Å². The predicted octanol–water partition coefficient (Wildman–Crippen LogP) is 5.16. The zero-order valence-electron chi connectivity index (χ0n) is 18.0. The van der Waals surface area contributed by atoms with Gasteiger partial charge in [-0.15, -0.1) is 0 Å². The first-order valence-electron chi connectivity index (χ1n) is 10.2. The lowest BCUT2D eigenvalue weighted by atomic mass is 10.2. The van der Waals surface area contributed by atoms with E-state index >= 15 is 0 Å². The average Bonchev–Trinajstić information content (AvgIpc) is 2.79. The van der Waals surface area contributed by atoms with Crippen LogP contribution >= 0.6 is 11.6 Å². The number of rotatable bonds is 10. The van der Waals surface area contributed by atoms with Crippen LogP contribution in [-0.2, 0) is 11.4 Å². The Morgan fingerprint density at radius 2 is 1.75 bits per heavy atom. The molecule has 0 heterocycles. The zero-order valence-corrected chi connectivity index (χ0v) is 18.8. The van der Waals surface area contributed by atoms with Gasteiger partial charge in [-0.2, -0.15) is 5.10 Å². The SMILES string of the molecule is CCOc1cc(C=NNC(=O)COc2ccccc2C)ccc1OCc1ccc(Cl)cc1. The van der Waals surface area contributed by atoms with Crippen LogP contribution in [0.1, 0.15) is 23.6 Å². The van der Waals surface area contributed by atoms with Crippen LogP contribution < -0.4 is 19.6 Å². The maximum atomic E-state index is 12.0. The van der Waals surface area contributed by atoms with Crippen molar-refractivity contribution >= 4 is 23.7 Å². The van der Waals surface area contributed by atoms with Crippen LogP contribution in [0, 0.1) is 6.92 Å². The number of hydrazone groups is 1.